The predicted molar refractivity (Wildman–Crippen MR) is 77.1 cm³/mol. The van der Waals surface area contributed by atoms with Crippen LogP contribution in [0.25, 0.3) is 0 Å². The lowest BCUT2D eigenvalue weighted by atomic mass is 10.2. The van der Waals surface area contributed by atoms with Gasteiger partial charge >= 0.3 is 6.03 Å². The smallest absolute Gasteiger partial charge is 0.317 e. The maximum atomic E-state index is 11.9. The van der Waals surface area contributed by atoms with Crippen LogP contribution in [0.4, 0.5) is 4.79 Å². The van der Waals surface area contributed by atoms with Gasteiger partial charge in [0.25, 0.3) is 0 Å². The third kappa shape index (κ3) is 5.64. The van der Waals surface area contributed by atoms with E-state index in [2.05, 4.69) is 5.32 Å². The number of ether oxygens (including phenoxy) is 1. The summed E-state index contributed by atoms with van der Waals surface area (Å²) in [5.74, 6) is 0. The first-order chi connectivity index (χ1) is 9.34. The van der Waals surface area contributed by atoms with Gasteiger partial charge in [0.15, 0.2) is 0 Å². The zero-order valence-corrected chi connectivity index (χ0v) is 13.3. The topological polar surface area (TPSA) is 79.0 Å². The monoisotopic (exact) mass is 307 g/mol. The highest BCUT2D eigenvalue weighted by molar-refractivity contribution is 7.88. The summed E-state index contributed by atoms with van der Waals surface area (Å²) < 4.78 is 29.2. The Morgan fingerprint density at radius 1 is 1.50 bits per heavy atom. The SMILES string of the molecule is CCC1CN(C(=O)NCCCN(C)S(C)(=O)=O)CCO1. The van der Waals surface area contributed by atoms with Gasteiger partial charge in [-0.2, -0.15) is 0 Å². The largest absolute Gasteiger partial charge is 0.375 e. The lowest BCUT2D eigenvalue weighted by Gasteiger charge is -2.32. The Balaban J connectivity index is 2.23. The van der Waals surface area contributed by atoms with E-state index < -0.39 is 10.0 Å². The maximum absolute atomic E-state index is 11.9. The zero-order valence-electron chi connectivity index (χ0n) is 12.5. The van der Waals surface area contributed by atoms with E-state index in [1.807, 2.05) is 6.92 Å². The fourth-order valence-electron chi connectivity index (χ4n) is 1.93. The molecule has 0 aliphatic carbocycles. The van der Waals surface area contributed by atoms with E-state index in [0.29, 0.717) is 39.2 Å². The summed E-state index contributed by atoms with van der Waals surface area (Å²) in [5, 5.41) is 2.81. The van der Waals surface area contributed by atoms with Gasteiger partial charge in [-0.3, -0.25) is 0 Å². The van der Waals surface area contributed by atoms with Crippen LogP contribution in [-0.2, 0) is 14.8 Å². The normalized spacial score (nSPS) is 20.2. The molecule has 1 atom stereocenters. The minimum Gasteiger partial charge on any atom is -0.375 e. The molecule has 7 nitrogen and oxygen atoms in total. The number of morpholine rings is 1. The van der Waals surface area contributed by atoms with Crippen molar-refractivity contribution in [3.05, 3.63) is 0 Å². The molecule has 0 aromatic rings. The second-order valence-electron chi connectivity index (χ2n) is 5.02. The van der Waals surface area contributed by atoms with Crippen molar-refractivity contribution in [2.24, 2.45) is 0 Å². The second kappa shape index (κ2) is 7.80. The average Bonchev–Trinajstić information content (AvgIpc) is 2.42. The number of carbonyl (C=O) groups excluding carboxylic acids is 1. The lowest BCUT2D eigenvalue weighted by molar-refractivity contribution is -0.0153. The van der Waals surface area contributed by atoms with Crippen LogP contribution >= 0.6 is 0 Å². The number of rotatable bonds is 6. The number of hydrogen-bond donors (Lipinski definition) is 1. The van der Waals surface area contributed by atoms with Crippen LogP contribution in [0, 0.1) is 0 Å². The molecule has 1 saturated heterocycles. The van der Waals surface area contributed by atoms with Gasteiger partial charge in [0.2, 0.25) is 10.0 Å². The van der Waals surface area contributed by atoms with Crippen molar-refractivity contribution in [2.45, 2.75) is 25.9 Å². The van der Waals surface area contributed by atoms with Crippen molar-refractivity contribution in [3.8, 4) is 0 Å². The highest BCUT2D eigenvalue weighted by Gasteiger charge is 2.22. The third-order valence-electron chi connectivity index (χ3n) is 3.37. The Morgan fingerprint density at radius 2 is 2.20 bits per heavy atom. The number of urea groups is 1. The van der Waals surface area contributed by atoms with E-state index in [4.69, 9.17) is 4.74 Å². The van der Waals surface area contributed by atoms with Crippen LogP contribution in [0.5, 0.6) is 0 Å². The molecule has 1 aliphatic heterocycles. The average molecular weight is 307 g/mol. The summed E-state index contributed by atoms with van der Waals surface area (Å²) in [5.41, 5.74) is 0. The first-order valence-electron chi connectivity index (χ1n) is 6.90. The highest BCUT2D eigenvalue weighted by Crippen LogP contribution is 2.08. The lowest BCUT2D eigenvalue weighted by Crippen LogP contribution is -2.49. The summed E-state index contributed by atoms with van der Waals surface area (Å²) in [6.45, 7) is 4.69. The molecule has 1 unspecified atom stereocenters. The Labute approximate surface area is 121 Å². The molecule has 0 aromatic carbocycles. The molecule has 0 radical (unpaired) electrons. The second-order valence-corrected chi connectivity index (χ2v) is 7.11. The maximum Gasteiger partial charge on any atom is 0.317 e. The number of amides is 2. The molecular weight excluding hydrogens is 282 g/mol. The van der Waals surface area contributed by atoms with Gasteiger partial charge in [0.1, 0.15) is 0 Å². The Kier molecular flexibility index (Phi) is 6.70. The van der Waals surface area contributed by atoms with Crippen molar-refractivity contribution in [1.29, 1.82) is 0 Å². The van der Waals surface area contributed by atoms with Crippen LogP contribution in [-0.4, -0.2) is 75.8 Å². The quantitative estimate of drug-likeness (QED) is 0.705. The van der Waals surface area contributed by atoms with Gasteiger partial charge in [0, 0.05) is 33.2 Å². The Morgan fingerprint density at radius 3 is 2.80 bits per heavy atom. The summed E-state index contributed by atoms with van der Waals surface area (Å²) in [6, 6.07) is -0.103. The minimum absolute atomic E-state index is 0.103. The fourth-order valence-corrected chi connectivity index (χ4v) is 2.39. The number of nitrogens with zero attached hydrogens (tertiary/aromatic N) is 2. The van der Waals surface area contributed by atoms with Crippen LogP contribution in [0.1, 0.15) is 19.8 Å². The van der Waals surface area contributed by atoms with Gasteiger partial charge in [-0.1, -0.05) is 6.92 Å². The van der Waals surface area contributed by atoms with Gasteiger partial charge in [-0.15, -0.1) is 0 Å². The Bertz CT molecular complexity index is 413. The first-order valence-corrected chi connectivity index (χ1v) is 8.75. The molecule has 0 saturated carbocycles. The molecule has 0 bridgehead atoms. The molecule has 2 amide bonds. The molecular formula is C12H25N3O4S. The van der Waals surface area contributed by atoms with Crippen LogP contribution < -0.4 is 5.32 Å². The van der Waals surface area contributed by atoms with Crippen LogP contribution in [0.3, 0.4) is 0 Å². The standard InChI is InChI=1S/C12H25N3O4S/c1-4-11-10-15(8-9-19-11)12(16)13-6-5-7-14(2)20(3,17)18/h11H,4-10H2,1-3H3,(H,13,16). The molecule has 118 valence electrons. The van der Waals surface area contributed by atoms with Crippen LogP contribution in [0.2, 0.25) is 0 Å². The number of nitrogens with one attached hydrogen (secondary N) is 1. The van der Waals surface area contributed by atoms with Crippen molar-refractivity contribution in [1.82, 2.24) is 14.5 Å². The van der Waals surface area contributed by atoms with E-state index in [1.165, 1.54) is 17.6 Å². The fraction of sp³-hybridized carbons (Fsp3) is 0.917. The van der Waals surface area contributed by atoms with E-state index in [9.17, 15) is 13.2 Å². The number of carbonyl (C=O) groups is 1. The van der Waals surface area contributed by atoms with Crippen molar-refractivity contribution in [3.63, 3.8) is 0 Å². The third-order valence-corrected chi connectivity index (χ3v) is 4.69. The van der Waals surface area contributed by atoms with Gasteiger partial charge < -0.3 is 15.0 Å². The summed E-state index contributed by atoms with van der Waals surface area (Å²) in [4.78, 5) is 13.7. The molecule has 0 aromatic heterocycles. The zero-order chi connectivity index (χ0) is 15.2. The molecule has 1 rings (SSSR count). The van der Waals surface area contributed by atoms with E-state index in [0.717, 1.165) is 6.42 Å². The molecule has 0 spiro atoms. The summed E-state index contributed by atoms with van der Waals surface area (Å²) in [6.07, 6.45) is 2.77. The van der Waals surface area contributed by atoms with E-state index >= 15 is 0 Å². The Hall–Kier alpha value is -0.860. The van der Waals surface area contributed by atoms with Gasteiger partial charge in [-0.05, 0) is 12.8 Å². The molecule has 1 heterocycles. The summed E-state index contributed by atoms with van der Waals surface area (Å²) >= 11 is 0. The van der Waals surface area contributed by atoms with Crippen LogP contribution in [0.15, 0.2) is 0 Å². The van der Waals surface area contributed by atoms with Crippen molar-refractivity contribution >= 4 is 16.1 Å². The summed E-state index contributed by atoms with van der Waals surface area (Å²) in [7, 11) is -1.61. The number of hydrogen-bond acceptors (Lipinski definition) is 4. The van der Waals surface area contributed by atoms with E-state index in [-0.39, 0.29) is 12.1 Å². The van der Waals surface area contributed by atoms with Gasteiger partial charge in [-0.25, -0.2) is 17.5 Å². The predicted octanol–water partition coefficient (Wildman–Crippen LogP) is 0.0883. The van der Waals surface area contributed by atoms with Gasteiger partial charge in [0.05, 0.1) is 19.0 Å². The molecule has 1 N–H and O–H groups in total. The first kappa shape index (κ1) is 17.2. The minimum atomic E-state index is -3.14. The molecule has 8 heteroatoms. The van der Waals surface area contributed by atoms with Crippen molar-refractivity contribution < 1.29 is 17.9 Å². The van der Waals surface area contributed by atoms with E-state index in [1.54, 1.807) is 4.90 Å². The highest BCUT2D eigenvalue weighted by atomic mass is 32.2. The van der Waals surface area contributed by atoms with Crippen molar-refractivity contribution in [2.75, 3.05) is 46.1 Å². The molecule has 1 aliphatic rings. The number of sulfonamides is 1. The molecule has 20 heavy (non-hydrogen) atoms. The molecule has 1 fully saturated rings.